The van der Waals surface area contributed by atoms with Gasteiger partial charge in [-0.05, 0) is 57.0 Å². The second kappa shape index (κ2) is 6.45. The Morgan fingerprint density at radius 2 is 2.22 bits per heavy atom. The van der Waals surface area contributed by atoms with Crippen LogP contribution in [0.3, 0.4) is 0 Å². The highest BCUT2D eigenvalue weighted by Crippen LogP contribution is 2.23. The summed E-state index contributed by atoms with van der Waals surface area (Å²) in [5.41, 5.74) is 0.651. The Hall–Kier alpha value is -1.66. The van der Waals surface area contributed by atoms with Crippen LogP contribution in [0, 0.1) is 6.92 Å². The molecule has 122 valence electrons. The van der Waals surface area contributed by atoms with Crippen LogP contribution in [0.1, 0.15) is 35.7 Å². The molecule has 2 atom stereocenters. The van der Waals surface area contributed by atoms with E-state index in [2.05, 4.69) is 33.5 Å². The summed E-state index contributed by atoms with van der Waals surface area (Å²) in [6, 6.07) is 5.83. The Morgan fingerprint density at radius 3 is 2.96 bits per heavy atom. The van der Waals surface area contributed by atoms with Crippen LogP contribution in [0.5, 0.6) is 0 Å². The van der Waals surface area contributed by atoms with Crippen LogP contribution in [-0.4, -0.2) is 24.5 Å². The summed E-state index contributed by atoms with van der Waals surface area (Å²) >= 11 is 3.41. The average Bonchev–Trinajstić information content (AvgIpc) is 2.48. The molecule has 0 saturated carbocycles. The van der Waals surface area contributed by atoms with Gasteiger partial charge in [0, 0.05) is 21.9 Å². The van der Waals surface area contributed by atoms with E-state index in [1.807, 2.05) is 6.07 Å². The van der Waals surface area contributed by atoms with Gasteiger partial charge in [-0.25, -0.2) is 4.79 Å². The van der Waals surface area contributed by atoms with E-state index >= 15 is 0 Å². The maximum Gasteiger partial charge on any atom is 0.349 e. The van der Waals surface area contributed by atoms with E-state index in [1.165, 1.54) is 0 Å². The zero-order chi connectivity index (χ0) is 16.6. The Morgan fingerprint density at radius 1 is 1.43 bits per heavy atom. The second-order valence-corrected chi connectivity index (χ2v) is 7.00. The van der Waals surface area contributed by atoms with E-state index in [4.69, 9.17) is 4.42 Å². The molecule has 5 nitrogen and oxygen atoms in total. The van der Waals surface area contributed by atoms with Crippen molar-refractivity contribution in [1.82, 2.24) is 10.6 Å². The first kappa shape index (κ1) is 16.2. The minimum atomic E-state index is -0.586. The van der Waals surface area contributed by atoms with Crippen LogP contribution < -0.4 is 16.3 Å². The lowest BCUT2D eigenvalue weighted by Gasteiger charge is -2.28. The summed E-state index contributed by atoms with van der Waals surface area (Å²) in [6.07, 6.45) is 1.72. The lowest BCUT2D eigenvalue weighted by Crippen LogP contribution is -2.47. The smallest absolute Gasteiger partial charge is 0.349 e. The minimum absolute atomic E-state index is 0.0794. The molecule has 1 saturated heterocycles. The third-order valence-electron chi connectivity index (χ3n) is 4.31. The number of hydrogen-bond donors (Lipinski definition) is 2. The first-order chi connectivity index (χ1) is 11.0. The Bertz CT molecular complexity index is 815. The number of halogens is 1. The van der Waals surface area contributed by atoms with Gasteiger partial charge in [0.25, 0.3) is 5.91 Å². The molecule has 0 aliphatic carbocycles. The van der Waals surface area contributed by atoms with Gasteiger partial charge < -0.3 is 15.1 Å². The van der Waals surface area contributed by atoms with Gasteiger partial charge in [-0.3, -0.25) is 4.79 Å². The largest absolute Gasteiger partial charge is 0.422 e. The highest BCUT2D eigenvalue weighted by molar-refractivity contribution is 9.10. The van der Waals surface area contributed by atoms with Crippen molar-refractivity contribution in [2.75, 3.05) is 6.54 Å². The normalized spacial score (nSPS) is 21.3. The summed E-state index contributed by atoms with van der Waals surface area (Å²) in [5.74, 6) is -0.350. The molecule has 0 spiro atoms. The molecule has 3 rings (SSSR count). The summed E-state index contributed by atoms with van der Waals surface area (Å²) in [7, 11) is 0. The van der Waals surface area contributed by atoms with Crippen molar-refractivity contribution in [1.29, 1.82) is 0 Å². The molecule has 2 N–H and O–H groups in total. The van der Waals surface area contributed by atoms with Gasteiger partial charge in [-0.2, -0.15) is 0 Å². The molecule has 6 heteroatoms. The lowest BCUT2D eigenvalue weighted by atomic mass is 9.99. The molecule has 1 aliphatic heterocycles. The van der Waals surface area contributed by atoms with Gasteiger partial charge in [-0.15, -0.1) is 0 Å². The van der Waals surface area contributed by atoms with Crippen LogP contribution in [-0.2, 0) is 0 Å². The SMILES string of the molecule is Cc1c(C(=O)NC2CCNC(C)C2)c(=O)oc2ccc(Br)cc12. The Labute approximate surface area is 142 Å². The fraction of sp³-hybridized carbons (Fsp3) is 0.412. The van der Waals surface area contributed by atoms with Gasteiger partial charge in [0.1, 0.15) is 11.1 Å². The number of rotatable bonds is 2. The first-order valence-corrected chi connectivity index (χ1v) is 8.52. The van der Waals surface area contributed by atoms with Crippen molar-refractivity contribution in [3.63, 3.8) is 0 Å². The molecule has 23 heavy (non-hydrogen) atoms. The summed E-state index contributed by atoms with van der Waals surface area (Å²) in [4.78, 5) is 24.8. The number of benzene rings is 1. The average molecular weight is 379 g/mol. The van der Waals surface area contributed by atoms with Gasteiger partial charge >= 0.3 is 5.63 Å². The predicted octanol–water partition coefficient (Wildman–Crippen LogP) is 2.73. The zero-order valence-electron chi connectivity index (χ0n) is 13.1. The molecule has 0 radical (unpaired) electrons. The predicted molar refractivity (Wildman–Crippen MR) is 92.9 cm³/mol. The number of fused-ring (bicyclic) bond motifs is 1. The molecule has 2 heterocycles. The van der Waals surface area contributed by atoms with E-state index < -0.39 is 5.63 Å². The summed E-state index contributed by atoms with van der Waals surface area (Å²) in [5, 5.41) is 7.08. The fourth-order valence-electron chi connectivity index (χ4n) is 3.11. The minimum Gasteiger partial charge on any atom is -0.422 e. The molecule has 0 bridgehead atoms. The van der Waals surface area contributed by atoms with Crippen LogP contribution >= 0.6 is 15.9 Å². The third kappa shape index (κ3) is 3.33. The topological polar surface area (TPSA) is 71.3 Å². The second-order valence-electron chi connectivity index (χ2n) is 6.08. The number of carbonyl (C=O) groups is 1. The number of nitrogens with one attached hydrogen (secondary N) is 2. The molecule has 1 aromatic carbocycles. The highest BCUT2D eigenvalue weighted by Gasteiger charge is 2.24. The molecule has 2 aromatic rings. The van der Waals surface area contributed by atoms with Crippen molar-refractivity contribution in [2.45, 2.75) is 38.8 Å². The monoisotopic (exact) mass is 378 g/mol. The van der Waals surface area contributed by atoms with E-state index in [1.54, 1.807) is 19.1 Å². The van der Waals surface area contributed by atoms with Crippen molar-refractivity contribution in [3.05, 3.63) is 44.2 Å². The number of carbonyl (C=O) groups excluding carboxylic acids is 1. The van der Waals surface area contributed by atoms with Crippen LogP contribution in [0.2, 0.25) is 0 Å². The van der Waals surface area contributed by atoms with Crippen LogP contribution in [0.25, 0.3) is 11.0 Å². The molecular weight excluding hydrogens is 360 g/mol. The number of hydrogen-bond acceptors (Lipinski definition) is 4. The van der Waals surface area contributed by atoms with Gasteiger partial charge in [0.05, 0.1) is 0 Å². The van der Waals surface area contributed by atoms with E-state index in [-0.39, 0.29) is 17.5 Å². The molecular formula is C17H19BrN2O3. The number of aryl methyl sites for hydroxylation is 1. The molecule has 2 unspecified atom stereocenters. The van der Waals surface area contributed by atoms with E-state index in [0.29, 0.717) is 17.2 Å². The summed E-state index contributed by atoms with van der Waals surface area (Å²) in [6.45, 7) is 4.74. The van der Waals surface area contributed by atoms with Crippen LogP contribution in [0.4, 0.5) is 0 Å². The van der Waals surface area contributed by atoms with Crippen molar-refractivity contribution < 1.29 is 9.21 Å². The molecule has 1 amide bonds. The van der Waals surface area contributed by atoms with Crippen molar-refractivity contribution in [2.24, 2.45) is 0 Å². The Kier molecular flexibility index (Phi) is 4.55. The van der Waals surface area contributed by atoms with Gasteiger partial charge in [-0.1, -0.05) is 15.9 Å². The third-order valence-corrected chi connectivity index (χ3v) is 4.81. The quantitative estimate of drug-likeness (QED) is 0.788. The maximum atomic E-state index is 12.6. The fourth-order valence-corrected chi connectivity index (χ4v) is 3.47. The Balaban J connectivity index is 1.95. The maximum absolute atomic E-state index is 12.6. The first-order valence-electron chi connectivity index (χ1n) is 7.73. The standard InChI is InChI=1S/C17H19BrN2O3/c1-9-7-12(5-6-19-9)20-16(21)15-10(2)13-8-11(18)3-4-14(13)23-17(15)22/h3-4,8-9,12,19H,5-7H2,1-2H3,(H,20,21). The zero-order valence-corrected chi connectivity index (χ0v) is 14.7. The van der Waals surface area contributed by atoms with Gasteiger partial charge in [0.2, 0.25) is 0 Å². The van der Waals surface area contributed by atoms with Gasteiger partial charge in [0.15, 0.2) is 0 Å². The lowest BCUT2D eigenvalue weighted by molar-refractivity contribution is 0.0921. The van der Waals surface area contributed by atoms with Crippen molar-refractivity contribution in [3.8, 4) is 0 Å². The number of amides is 1. The van der Waals surface area contributed by atoms with Crippen LogP contribution in [0.15, 0.2) is 31.9 Å². The van der Waals surface area contributed by atoms with E-state index in [9.17, 15) is 9.59 Å². The molecule has 1 fully saturated rings. The summed E-state index contributed by atoms with van der Waals surface area (Å²) < 4.78 is 6.19. The van der Waals surface area contributed by atoms with Crippen molar-refractivity contribution >= 4 is 32.8 Å². The highest BCUT2D eigenvalue weighted by atomic mass is 79.9. The molecule has 1 aromatic heterocycles. The molecule has 1 aliphatic rings. The van der Waals surface area contributed by atoms with E-state index in [0.717, 1.165) is 29.2 Å². The number of piperidine rings is 1.